The number of nitrogens with one attached hydrogen (secondary N) is 1. The van der Waals surface area contributed by atoms with Gasteiger partial charge in [-0.15, -0.1) is 0 Å². The molecule has 1 aromatic carbocycles. The Morgan fingerprint density at radius 1 is 1.09 bits per heavy atom. The van der Waals surface area contributed by atoms with Gasteiger partial charge in [-0.2, -0.15) is 0 Å². The molecule has 1 saturated carbocycles. The Balaban J connectivity index is 1.59. The summed E-state index contributed by atoms with van der Waals surface area (Å²) in [6, 6.07) is 8.95. The van der Waals surface area contributed by atoms with Gasteiger partial charge in [0.2, 0.25) is 0 Å². The highest BCUT2D eigenvalue weighted by atomic mass is 15.2. The molecule has 1 N–H and O–H groups in total. The van der Waals surface area contributed by atoms with Crippen LogP contribution in [0, 0.1) is 12.8 Å². The van der Waals surface area contributed by atoms with Crippen molar-refractivity contribution >= 4 is 0 Å². The second kappa shape index (κ2) is 7.14. The Hall–Kier alpha value is -0.860. The second-order valence-corrected chi connectivity index (χ2v) is 7.69. The third-order valence-electron chi connectivity index (χ3n) is 5.89. The third kappa shape index (κ3) is 3.72. The van der Waals surface area contributed by atoms with Crippen LogP contribution in [0.3, 0.4) is 0 Å². The van der Waals surface area contributed by atoms with Crippen molar-refractivity contribution in [3.63, 3.8) is 0 Å². The predicted octanol–water partition coefficient (Wildman–Crippen LogP) is 4.13. The average molecular weight is 300 g/mol. The first-order valence-corrected chi connectivity index (χ1v) is 9.19. The molecular weight excluding hydrogens is 268 g/mol. The standard InChI is InChI=1S/C20H32N2/c1-17-5-7-19(8-6-17)15-21-16-20(22-13-3-4-14-22)11-9-18(2)10-12-20/h5-8,18,21H,3-4,9-16H2,1-2H3. The zero-order valence-corrected chi connectivity index (χ0v) is 14.4. The van der Waals surface area contributed by atoms with Gasteiger partial charge in [-0.25, -0.2) is 0 Å². The molecule has 2 aliphatic rings. The number of benzene rings is 1. The van der Waals surface area contributed by atoms with Crippen LogP contribution in [0.25, 0.3) is 0 Å². The van der Waals surface area contributed by atoms with Crippen LogP contribution in [0.1, 0.15) is 56.6 Å². The van der Waals surface area contributed by atoms with Crippen molar-refractivity contribution in [1.82, 2.24) is 10.2 Å². The first-order valence-electron chi connectivity index (χ1n) is 9.19. The summed E-state index contributed by atoms with van der Waals surface area (Å²) in [5.74, 6) is 0.924. The topological polar surface area (TPSA) is 15.3 Å². The Morgan fingerprint density at radius 2 is 1.73 bits per heavy atom. The fourth-order valence-electron chi connectivity index (χ4n) is 4.24. The lowest BCUT2D eigenvalue weighted by Gasteiger charge is -2.46. The number of aryl methyl sites for hydroxylation is 1. The van der Waals surface area contributed by atoms with Gasteiger partial charge in [0, 0.05) is 18.6 Å². The molecule has 0 aromatic heterocycles. The minimum absolute atomic E-state index is 0.438. The van der Waals surface area contributed by atoms with Gasteiger partial charge in [0.15, 0.2) is 0 Å². The van der Waals surface area contributed by atoms with E-state index in [1.807, 2.05) is 0 Å². The van der Waals surface area contributed by atoms with Crippen LogP contribution in [-0.4, -0.2) is 30.1 Å². The molecule has 122 valence electrons. The maximum atomic E-state index is 3.78. The molecule has 2 heteroatoms. The first kappa shape index (κ1) is 16.0. The lowest BCUT2D eigenvalue weighted by atomic mass is 9.76. The summed E-state index contributed by atoms with van der Waals surface area (Å²) in [4.78, 5) is 2.81. The van der Waals surface area contributed by atoms with Gasteiger partial charge in [-0.05, 0) is 70.0 Å². The summed E-state index contributed by atoms with van der Waals surface area (Å²) in [6.45, 7) is 9.39. The van der Waals surface area contributed by atoms with E-state index >= 15 is 0 Å². The fraction of sp³-hybridized carbons (Fsp3) is 0.700. The minimum atomic E-state index is 0.438. The van der Waals surface area contributed by atoms with Crippen LogP contribution in [0.5, 0.6) is 0 Å². The number of hydrogen-bond acceptors (Lipinski definition) is 2. The molecule has 0 atom stereocenters. The molecule has 1 heterocycles. The Labute approximate surface area is 136 Å². The van der Waals surface area contributed by atoms with E-state index in [2.05, 4.69) is 48.3 Å². The van der Waals surface area contributed by atoms with E-state index in [-0.39, 0.29) is 0 Å². The molecule has 22 heavy (non-hydrogen) atoms. The van der Waals surface area contributed by atoms with E-state index in [0.29, 0.717) is 5.54 Å². The molecule has 0 bridgehead atoms. The van der Waals surface area contributed by atoms with Crippen LogP contribution in [0.15, 0.2) is 24.3 Å². The number of hydrogen-bond donors (Lipinski definition) is 1. The van der Waals surface area contributed by atoms with Crippen LogP contribution in [-0.2, 0) is 6.54 Å². The molecule has 1 aliphatic carbocycles. The molecule has 1 saturated heterocycles. The van der Waals surface area contributed by atoms with E-state index in [4.69, 9.17) is 0 Å². The average Bonchev–Trinajstić information content (AvgIpc) is 3.07. The van der Waals surface area contributed by atoms with E-state index < -0.39 is 0 Å². The maximum Gasteiger partial charge on any atom is 0.0334 e. The summed E-state index contributed by atoms with van der Waals surface area (Å²) >= 11 is 0. The summed E-state index contributed by atoms with van der Waals surface area (Å²) in [6.07, 6.45) is 8.38. The molecule has 1 aromatic rings. The molecule has 0 amide bonds. The lowest BCUT2D eigenvalue weighted by molar-refractivity contribution is 0.0578. The Morgan fingerprint density at radius 3 is 2.36 bits per heavy atom. The minimum Gasteiger partial charge on any atom is -0.311 e. The molecule has 2 fully saturated rings. The largest absolute Gasteiger partial charge is 0.311 e. The fourth-order valence-corrected chi connectivity index (χ4v) is 4.24. The number of likely N-dealkylation sites (tertiary alicyclic amines) is 1. The first-order chi connectivity index (χ1) is 10.7. The van der Waals surface area contributed by atoms with E-state index in [0.717, 1.165) is 19.0 Å². The van der Waals surface area contributed by atoms with Gasteiger partial charge in [0.1, 0.15) is 0 Å². The monoisotopic (exact) mass is 300 g/mol. The molecular formula is C20H32N2. The van der Waals surface area contributed by atoms with Crippen LogP contribution >= 0.6 is 0 Å². The molecule has 0 unspecified atom stereocenters. The van der Waals surface area contributed by atoms with Crippen molar-refractivity contribution < 1.29 is 0 Å². The molecule has 0 radical (unpaired) electrons. The van der Waals surface area contributed by atoms with Crippen molar-refractivity contribution in [3.8, 4) is 0 Å². The second-order valence-electron chi connectivity index (χ2n) is 7.69. The Kier molecular flexibility index (Phi) is 5.20. The van der Waals surface area contributed by atoms with E-state index in [9.17, 15) is 0 Å². The van der Waals surface area contributed by atoms with Crippen molar-refractivity contribution in [2.45, 2.75) is 64.5 Å². The highest BCUT2D eigenvalue weighted by Gasteiger charge is 2.40. The quantitative estimate of drug-likeness (QED) is 0.879. The molecule has 1 aliphatic heterocycles. The summed E-state index contributed by atoms with van der Waals surface area (Å²) < 4.78 is 0. The van der Waals surface area contributed by atoms with E-state index in [1.165, 1.54) is 62.7 Å². The van der Waals surface area contributed by atoms with Crippen LogP contribution in [0.4, 0.5) is 0 Å². The number of rotatable bonds is 5. The summed E-state index contributed by atoms with van der Waals surface area (Å²) in [5.41, 5.74) is 3.19. The number of nitrogens with zero attached hydrogens (tertiary/aromatic N) is 1. The highest BCUT2D eigenvalue weighted by Crippen LogP contribution is 2.37. The van der Waals surface area contributed by atoms with Gasteiger partial charge in [0.05, 0.1) is 0 Å². The van der Waals surface area contributed by atoms with Crippen LogP contribution < -0.4 is 5.32 Å². The van der Waals surface area contributed by atoms with Crippen molar-refractivity contribution in [1.29, 1.82) is 0 Å². The van der Waals surface area contributed by atoms with Crippen molar-refractivity contribution in [2.24, 2.45) is 5.92 Å². The van der Waals surface area contributed by atoms with Gasteiger partial charge in [0.25, 0.3) is 0 Å². The lowest BCUT2D eigenvalue weighted by Crippen LogP contribution is -2.55. The third-order valence-corrected chi connectivity index (χ3v) is 5.89. The van der Waals surface area contributed by atoms with Gasteiger partial charge in [-0.1, -0.05) is 36.8 Å². The van der Waals surface area contributed by atoms with E-state index in [1.54, 1.807) is 0 Å². The summed E-state index contributed by atoms with van der Waals surface area (Å²) in [7, 11) is 0. The molecule has 0 spiro atoms. The molecule has 2 nitrogen and oxygen atoms in total. The smallest absolute Gasteiger partial charge is 0.0334 e. The normalized spacial score (nSPS) is 29.8. The molecule has 3 rings (SSSR count). The van der Waals surface area contributed by atoms with Crippen molar-refractivity contribution in [2.75, 3.05) is 19.6 Å². The van der Waals surface area contributed by atoms with Crippen LogP contribution in [0.2, 0.25) is 0 Å². The van der Waals surface area contributed by atoms with Gasteiger partial charge in [-0.3, -0.25) is 4.90 Å². The highest BCUT2D eigenvalue weighted by molar-refractivity contribution is 5.21. The Bertz CT molecular complexity index is 451. The maximum absolute atomic E-state index is 3.78. The zero-order valence-electron chi connectivity index (χ0n) is 14.4. The zero-order chi connectivity index (χ0) is 15.4. The van der Waals surface area contributed by atoms with Crippen molar-refractivity contribution in [3.05, 3.63) is 35.4 Å². The predicted molar refractivity (Wildman–Crippen MR) is 94.1 cm³/mol. The van der Waals surface area contributed by atoms with Gasteiger partial charge < -0.3 is 5.32 Å². The van der Waals surface area contributed by atoms with Gasteiger partial charge >= 0.3 is 0 Å². The SMILES string of the molecule is Cc1ccc(CNCC2(N3CCCC3)CCC(C)CC2)cc1. The summed E-state index contributed by atoms with van der Waals surface area (Å²) in [5, 5.41) is 3.78.